The highest BCUT2D eigenvalue weighted by atomic mass is 16.3. The topological polar surface area (TPSA) is 28.4 Å². The molecule has 0 atom stereocenters. The molecule has 0 saturated heterocycles. The molecule has 0 fully saturated rings. The minimum atomic E-state index is 0.487. The van der Waals surface area contributed by atoms with Crippen molar-refractivity contribution in [3.05, 3.63) is 53.0 Å². The molecule has 0 aliphatic carbocycles. The van der Waals surface area contributed by atoms with Crippen LogP contribution in [-0.4, -0.2) is 13.1 Å². The largest absolute Gasteiger partial charge is 0.467 e. The Kier molecular flexibility index (Phi) is 5.07. The fourth-order valence-corrected chi connectivity index (χ4v) is 2.48. The van der Waals surface area contributed by atoms with Gasteiger partial charge in [-0.05, 0) is 31.5 Å². The van der Waals surface area contributed by atoms with Crippen LogP contribution in [0.5, 0.6) is 0 Å². The first-order valence-electron chi connectivity index (χ1n) is 7.53. The van der Waals surface area contributed by atoms with Gasteiger partial charge in [-0.15, -0.1) is 0 Å². The number of rotatable bonds is 6. The molecule has 114 valence electrons. The van der Waals surface area contributed by atoms with Crippen molar-refractivity contribution >= 4 is 5.69 Å². The summed E-state index contributed by atoms with van der Waals surface area (Å²) >= 11 is 0. The maximum Gasteiger partial charge on any atom is 0.123 e. The van der Waals surface area contributed by atoms with E-state index < -0.39 is 0 Å². The van der Waals surface area contributed by atoms with Gasteiger partial charge in [0.25, 0.3) is 0 Å². The highest BCUT2D eigenvalue weighted by molar-refractivity contribution is 5.53. The van der Waals surface area contributed by atoms with Crippen LogP contribution in [0.1, 0.15) is 36.3 Å². The number of hydrogen-bond acceptors (Lipinski definition) is 3. The number of anilines is 1. The molecule has 0 aliphatic rings. The predicted octanol–water partition coefficient (Wildman–Crippen LogP) is 4.03. The lowest BCUT2D eigenvalue weighted by Gasteiger charge is -2.20. The predicted molar refractivity (Wildman–Crippen MR) is 88.7 cm³/mol. The van der Waals surface area contributed by atoms with Crippen LogP contribution in [0.15, 0.2) is 34.9 Å². The molecule has 0 aliphatic heterocycles. The molecule has 3 heteroatoms. The van der Waals surface area contributed by atoms with Crippen molar-refractivity contribution in [2.75, 3.05) is 11.9 Å². The lowest BCUT2D eigenvalue weighted by atomic mass is 10.1. The van der Waals surface area contributed by atoms with Gasteiger partial charge in [-0.2, -0.15) is 0 Å². The number of furan rings is 1. The summed E-state index contributed by atoms with van der Waals surface area (Å²) in [6, 6.07) is 9.16. The SMILES string of the molecule is Cc1ccc(N(C)Cc2cc(CNC(C)C)co2)c(C)c1. The van der Waals surface area contributed by atoms with Gasteiger partial charge in [0.1, 0.15) is 5.76 Å². The van der Waals surface area contributed by atoms with Crippen molar-refractivity contribution in [1.29, 1.82) is 0 Å². The Balaban J connectivity index is 2.00. The van der Waals surface area contributed by atoms with Crippen LogP contribution in [-0.2, 0) is 13.1 Å². The average molecular weight is 286 g/mol. The smallest absolute Gasteiger partial charge is 0.123 e. The number of nitrogens with zero attached hydrogens (tertiary/aromatic N) is 1. The first kappa shape index (κ1) is 15.6. The van der Waals surface area contributed by atoms with Crippen LogP contribution in [0.2, 0.25) is 0 Å². The Morgan fingerprint density at radius 3 is 2.62 bits per heavy atom. The van der Waals surface area contributed by atoms with E-state index in [9.17, 15) is 0 Å². The Labute approximate surface area is 128 Å². The third-order valence-electron chi connectivity index (χ3n) is 3.58. The molecule has 21 heavy (non-hydrogen) atoms. The molecule has 0 amide bonds. The van der Waals surface area contributed by atoms with Gasteiger partial charge >= 0.3 is 0 Å². The molecule has 0 saturated carbocycles. The Morgan fingerprint density at radius 2 is 1.95 bits per heavy atom. The fourth-order valence-electron chi connectivity index (χ4n) is 2.48. The van der Waals surface area contributed by atoms with Gasteiger partial charge in [0, 0.05) is 30.9 Å². The van der Waals surface area contributed by atoms with Gasteiger partial charge < -0.3 is 14.6 Å². The van der Waals surface area contributed by atoms with E-state index in [2.05, 4.69) is 69.2 Å². The first-order valence-corrected chi connectivity index (χ1v) is 7.53. The summed E-state index contributed by atoms with van der Waals surface area (Å²) in [5.41, 5.74) is 5.04. The van der Waals surface area contributed by atoms with E-state index in [1.807, 2.05) is 6.26 Å². The Bertz CT molecular complexity index is 587. The van der Waals surface area contributed by atoms with Crippen molar-refractivity contribution in [3.63, 3.8) is 0 Å². The number of hydrogen-bond donors (Lipinski definition) is 1. The summed E-state index contributed by atoms with van der Waals surface area (Å²) in [5.74, 6) is 0.998. The van der Waals surface area contributed by atoms with Gasteiger partial charge in [0.15, 0.2) is 0 Å². The average Bonchev–Trinajstić information content (AvgIpc) is 2.83. The zero-order valence-corrected chi connectivity index (χ0v) is 13.7. The molecule has 2 aromatic rings. The number of benzene rings is 1. The summed E-state index contributed by atoms with van der Waals surface area (Å²) in [5, 5.41) is 3.40. The van der Waals surface area contributed by atoms with Gasteiger partial charge in [-0.25, -0.2) is 0 Å². The molecule has 2 rings (SSSR count). The molecule has 1 aromatic carbocycles. The standard InChI is InChI=1S/C18H26N2O/c1-13(2)19-10-16-9-17(21-12-16)11-20(5)18-7-6-14(3)8-15(18)4/h6-9,12-13,19H,10-11H2,1-5H3. The summed E-state index contributed by atoms with van der Waals surface area (Å²) in [6.45, 7) is 10.2. The molecule has 1 heterocycles. The number of aryl methyl sites for hydroxylation is 2. The van der Waals surface area contributed by atoms with Crippen LogP contribution < -0.4 is 10.2 Å². The zero-order chi connectivity index (χ0) is 15.4. The molecule has 0 spiro atoms. The normalized spacial score (nSPS) is 11.1. The summed E-state index contributed by atoms with van der Waals surface area (Å²) in [4.78, 5) is 2.23. The van der Waals surface area contributed by atoms with Gasteiger partial charge in [-0.3, -0.25) is 0 Å². The highest BCUT2D eigenvalue weighted by Crippen LogP contribution is 2.22. The lowest BCUT2D eigenvalue weighted by Crippen LogP contribution is -2.21. The van der Waals surface area contributed by atoms with E-state index >= 15 is 0 Å². The van der Waals surface area contributed by atoms with Crippen LogP contribution in [0.25, 0.3) is 0 Å². The van der Waals surface area contributed by atoms with Crippen LogP contribution >= 0.6 is 0 Å². The second-order valence-electron chi connectivity index (χ2n) is 6.10. The fraction of sp³-hybridized carbons (Fsp3) is 0.444. The van der Waals surface area contributed by atoms with Crippen molar-refractivity contribution in [2.45, 2.75) is 46.8 Å². The summed E-state index contributed by atoms with van der Waals surface area (Å²) in [7, 11) is 2.10. The minimum Gasteiger partial charge on any atom is -0.467 e. The van der Waals surface area contributed by atoms with Gasteiger partial charge in [-0.1, -0.05) is 31.5 Å². The monoisotopic (exact) mass is 286 g/mol. The van der Waals surface area contributed by atoms with E-state index in [1.54, 1.807) is 0 Å². The second kappa shape index (κ2) is 6.81. The maximum absolute atomic E-state index is 5.67. The quantitative estimate of drug-likeness (QED) is 0.869. The number of nitrogens with one attached hydrogen (secondary N) is 1. The Morgan fingerprint density at radius 1 is 1.19 bits per heavy atom. The van der Waals surface area contributed by atoms with E-state index in [1.165, 1.54) is 22.4 Å². The van der Waals surface area contributed by atoms with E-state index in [0.29, 0.717) is 6.04 Å². The van der Waals surface area contributed by atoms with Crippen LogP contribution in [0.3, 0.4) is 0 Å². The van der Waals surface area contributed by atoms with Crippen molar-refractivity contribution in [1.82, 2.24) is 5.32 Å². The van der Waals surface area contributed by atoms with E-state index in [4.69, 9.17) is 4.42 Å². The van der Waals surface area contributed by atoms with Crippen molar-refractivity contribution in [2.24, 2.45) is 0 Å². The molecule has 0 unspecified atom stereocenters. The molecule has 0 bridgehead atoms. The highest BCUT2D eigenvalue weighted by Gasteiger charge is 2.09. The molecule has 1 N–H and O–H groups in total. The Hall–Kier alpha value is -1.74. The van der Waals surface area contributed by atoms with Crippen LogP contribution in [0, 0.1) is 13.8 Å². The van der Waals surface area contributed by atoms with Gasteiger partial charge in [0.05, 0.1) is 12.8 Å². The van der Waals surface area contributed by atoms with E-state index in [0.717, 1.165) is 18.8 Å². The van der Waals surface area contributed by atoms with Crippen molar-refractivity contribution < 1.29 is 4.42 Å². The third-order valence-corrected chi connectivity index (χ3v) is 3.58. The lowest BCUT2D eigenvalue weighted by molar-refractivity contribution is 0.502. The minimum absolute atomic E-state index is 0.487. The molecule has 0 radical (unpaired) electrons. The summed E-state index contributed by atoms with van der Waals surface area (Å²) in [6.07, 6.45) is 1.85. The van der Waals surface area contributed by atoms with Gasteiger partial charge in [0.2, 0.25) is 0 Å². The third kappa shape index (κ3) is 4.36. The second-order valence-corrected chi connectivity index (χ2v) is 6.10. The maximum atomic E-state index is 5.67. The van der Waals surface area contributed by atoms with E-state index in [-0.39, 0.29) is 0 Å². The molecular weight excluding hydrogens is 260 g/mol. The first-order chi connectivity index (χ1) is 9.95. The molecule has 3 nitrogen and oxygen atoms in total. The summed E-state index contributed by atoms with van der Waals surface area (Å²) < 4.78 is 5.67. The molecular formula is C18H26N2O. The molecule has 1 aromatic heterocycles. The van der Waals surface area contributed by atoms with Crippen molar-refractivity contribution in [3.8, 4) is 0 Å². The zero-order valence-electron chi connectivity index (χ0n) is 13.7. The van der Waals surface area contributed by atoms with Crippen LogP contribution in [0.4, 0.5) is 5.69 Å².